The Bertz CT molecular complexity index is 548. The molecule has 0 amide bonds. The van der Waals surface area contributed by atoms with Gasteiger partial charge in [-0.25, -0.2) is 0 Å². The molecule has 2 heteroatoms. The van der Waals surface area contributed by atoms with Gasteiger partial charge in [-0.05, 0) is 43.2 Å². The maximum Gasteiger partial charge on any atom is 0.306 e. The molecule has 0 fully saturated rings. The molecule has 0 aliphatic heterocycles. The molecule has 0 saturated carbocycles. The molecule has 1 unspecified atom stereocenters. The Labute approximate surface area is 132 Å². The van der Waals surface area contributed by atoms with Gasteiger partial charge in [-0.1, -0.05) is 67.1 Å². The average Bonchev–Trinajstić information content (AvgIpc) is 2.55. The second-order valence-electron chi connectivity index (χ2n) is 5.79. The van der Waals surface area contributed by atoms with Crippen LogP contribution in [0, 0.1) is 5.92 Å². The van der Waals surface area contributed by atoms with Gasteiger partial charge in [0.1, 0.15) is 0 Å². The van der Waals surface area contributed by atoms with Crippen LogP contribution in [0.3, 0.4) is 0 Å². The maximum atomic E-state index is 11.4. The van der Waals surface area contributed by atoms with Crippen molar-refractivity contribution in [1.82, 2.24) is 0 Å². The number of benzene rings is 2. The van der Waals surface area contributed by atoms with Crippen LogP contribution in [0.4, 0.5) is 0 Å². The van der Waals surface area contributed by atoms with E-state index >= 15 is 0 Å². The minimum Gasteiger partial charge on any atom is -0.481 e. The highest BCUT2D eigenvalue weighted by atomic mass is 16.4. The van der Waals surface area contributed by atoms with Gasteiger partial charge in [0.05, 0.1) is 5.92 Å². The van der Waals surface area contributed by atoms with Gasteiger partial charge in [-0.15, -0.1) is 0 Å². The molecule has 0 spiro atoms. The number of hydrogen-bond acceptors (Lipinski definition) is 1. The van der Waals surface area contributed by atoms with Gasteiger partial charge in [0.15, 0.2) is 0 Å². The van der Waals surface area contributed by atoms with Crippen LogP contribution in [0.15, 0.2) is 60.7 Å². The first-order valence-electron chi connectivity index (χ1n) is 8.06. The second kappa shape index (κ2) is 9.04. The maximum absolute atomic E-state index is 11.4. The minimum atomic E-state index is -0.657. The van der Waals surface area contributed by atoms with E-state index in [0.717, 1.165) is 38.5 Å². The smallest absolute Gasteiger partial charge is 0.306 e. The summed E-state index contributed by atoms with van der Waals surface area (Å²) in [4.78, 5) is 11.4. The summed E-state index contributed by atoms with van der Waals surface area (Å²) < 4.78 is 0. The highest BCUT2D eigenvalue weighted by molar-refractivity contribution is 5.69. The molecule has 0 bridgehead atoms. The lowest BCUT2D eigenvalue weighted by molar-refractivity contribution is -0.142. The number of carboxylic acids is 1. The molecular formula is C20H24O2. The van der Waals surface area contributed by atoms with Crippen LogP contribution in [-0.2, 0) is 17.6 Å². The lowest BCUT2D eigenvalue weighted by Gasteiger charge is -2.12. The first kappa shape index (κ1) is 16.3. The van der Waals surface area contributed by atoms with Gasteiger partial charge in [-0.3, -0.25) is 4.79 Å². The zero-order valence-corrected chi connectivity index (χ0v) is 12.9. The monoisotopic (exact) mass is 296 g/mol. The predicted molar refractivity (Wildman–Crippen MR) is 89.9 cm³/mol. The summed E-state index contributed by atoms with van der Waals surface area (Å²) in [6.45, 7) is 0. The summed E-state index contributed by atoms with van der Waals surface area (Å²) >= 11 is 0. The summed E-state index contributed by atoms with van der Waals surface area (Å²) in [5.41, 5.74) is 2.55. The fourth-order valence-corrected chi connectivity index (χ4v) is 2.74. The molecule has 2 nitrogen and oxygen atoms in total. The zero-order valence-electron chi connectivity index (χ0n) is 12.9. The second-order valence-corrected chi connectivity index (χ2v) is 5.79. The van der Waals surface area contributed by atoms with Crippen LogP contribution in [-0.4, -0.2) is 11.1 Å². The van der Waals surface area contributed by atoms with Crippen molar-refractivity contribution in [3.8, 4) is 0 Å². The van der Waals surface area contributed by atoms with Crippen molar-refractivity contribution in [2.45, 2.75) is 38.5 Å². The molecule has 2 rings (SSSR count). The van der Waals surface area contributed by atoms with Gasteiger partial charge in [-0.2, -0.15) is 0 Å². The highest BCUT2D eigenvalue weighted by Gasteiger charge is 2.16. The molecule has 2 aromatic rings. The Morgan fingerprint density at radius 1 is 0.773 bits per heavy atom. The van der Waals surface area contributed by atoms with Crippen LogP contribution in [0.25, 0.3) is 0 Å². The number of unbranched alkanes of at least 4 members (excludes halogenated alkanes) is 1. The van der Waals surface area contributed by atoms with E-state index in [1.165, 1.54) is 11.1 Å². The number of hydrogen-bond donors (Lipinski definition) is 1. The van der Waals surface area contributed by atoms with E-state index in [-0.39, 0.29) is 5.92 Å². The fourth-order valence-electron chi connectivity index (χ4n) is 2.74. The van der Waals surface area contributed by atoms with E-state index in [4.69, 9.17) is 0 Å². The molecule has 0 heterocycles. The molecular weight excluding hydrogens is 272 g/mol. The first-order valence-corrected chi connectivity index (χ1v) is 8.06. The van der Waals surface area contributed by atoms with E-state index in [1.807, 2.05) is 24.3 Å². The predicted octanol–water partition coefficient (Wildman–Crippen LogP) is 4.73. The number of aryl methyl sites for hydroxylation is 2. The summed E-state index contributed by atoms with van der Waals surface area (Å²) in [6.07, 6.45) is 5.40. The molecule has 2 aromatic carbocycles. The normalized spacial score (nSPS) is 12.0. The SMILES string of the molecule is O=C(O)C(CCCCc1ccccc1)CCc1ccccc1. The Morgan fingerprint density at radius 2 is 1.32 bits per heavy atom. The van der Waals surface area contributed by atoms with Crippen molar-refractivity contribution < 1.29 is 9.90 Å². The minimum absolute atomic E-state index is 0.226. The van der Waals surface area contributed by atoms with Gasteiger partial charge in [0, 0.05) is 0 Å². The van der Waals surface area contributed by atoms with Crippen LogP contribution >= 0.6 is 0 Å². The Kier molecular flexibility index (Phi) is 6.69. The standard InChI is InChI=1S/C20H24O2/c21-20(22)19(16-15-18-11-5-2-6-12-18)14-8-7-13-17-9-3-1-4-10-17/h1-6,9-12,19H,7-8,13-16H2,(H,21,22). The summed E-state index contributed by atoms with van der Waals surface area (Å²) in [6, 6.07) is 20.5. The topological polar surface area (TPSA) is 37.3 Å². The quantitative estimate of drug-likeness (QED) is 0.679. The van der Waals surface area contributed by atoms with E-state index in [9.17, 15) is 9.90 Å². The van der Waals surface area contributed by atoms with Crippen molar-refractivity contribution >= 4 is 5.97 Å². The van der Waals surface area contributed by atoms with Crippen LogP contribution in [0.1, 0.15) is 36.8 Å². The van der Waals surface area contributed by atoms with E-state index in [2.05, 4.69) is 36.4 Å². The summed E-state index contributed by atoms with van der Waals surface area (Å²) in [5.74, 6) is -0.883. The highest BCUT2D eigenvalue weighted by Crippen LogP contribution is 2.18. The lowest BCUT2D eigenvalue weighted by Crippen LogP contribution is -2.14. The van der Waals surface area contributed by atoms with Crippen molar-refractivity contribution in [3.05, 3.63) is 71.8 Å². The van der Waals surface area contributed by atoms with E-state index in [1.54, 1.807) is 0 Å². The summed E-state index contributed by atoms with van der Waals surface area (Å²) in [7, 11) is 0. The molecule has 0 saturated heterocycles. The van der Waals surface area contributed by atoms with Gasteiger partial charge >= 0.3 is 5.97 Å². The molecule has 1 atom stereocenters. The molecule has 116 valence electrons. The van der Waals surface area contributed by atoms with Gasteiger partial charge in [0.25, 0.3) is 0 Å². The number of carbonyl (C=O) groups is 1. The van der Waals surface area contributed by atoms with E-state index < -0.39 is 5.97 Å². The van der Waals surface area contributed by atoms with Crippen molar-refractivity contribution in [3.63, 3.8) is 0 Å². The third-order valence-electron chi connectivity index (χ3n) is 4.08. The number of aliphatic carboxylic acids is 1. The van der Waals surface area contributed by atoms with Crippen LogP contribution in [0.5, 0.6) is 0 Å². The summed E-state index contributed by atoms with van der Waals surface area (Å²) in [5, 5.41) is 9.37. The lowest BCUT2D eigenvalue weighted by atomic mass is 9.93. The largest absolute Gasteiger partial charge is 0.481 e. The number of carboxylic acid groups (broad SMARTS) is 1. The molecule has 22 heavy (non-hydrogen) atoms. The fraction of sp³-hybridized carbons (Fsp3) is 0.350. The van der Waals surface area contributed by atoms with Gasteiger partial charge < -0.3 is 5.11 Å². The third-order valence-corrected chi connectivity index (χ3v) is 4.08. The molecule has 0 aliphatic carbocycles. The van der Waals surface area contributed by atoms with Crippen LogP contribution < -0.4 is 0 Å². The zero-order chi connectivity index (χ0) is 15.6. The van der Waals surface area contributed by atoms with Crippen LogP contribution in [0.2, 0.25) is 0 Å². The Balaban J connectivity index is 1.71. The molecule has 0 aromatic heterocycles. The molecule has 0 radical (unpaired) electrons. The first-order chi connectivity index (χ1) is 10.8. The Morgan fingerprint density at radius 3 is 1.86 bits per heavy atom. The van der Waals surface area contributed by atoms with E-state index in [0.29, 0.717) is 0 Å². The molecule has 1 N–H and O–H groups in total. The Hall–Kier alpha value is -2.09. The average molecular weight is 296 g/mol. The molecule has 0 aliphatic rings. The van der Waals surface area contributed by atoms with Crippen molar-refractivity contribution in [2.75, 3.05) is 0 Å². The van der Waals surface area contributed by atoms with Crippen molar-refractivity contribution in [1.29, 1.82) is 0 Å². The number of rotatable bonds is 9. The van der Waals surface area contributed by atoms with Gasteiger partial charge in [0.2, 0.25) is 0 Å². The third kappa shape index (κ3) is 5.72. The van der Waals surface area contributed by atoms with Crippen molar-refractivity contribution in [2.24, 2.45) is 5.92 Å².